The van der Waals surface area contributed by atoms with Crippen LogP contribution in [0.15, 0.2) is 35.2 Å². The molecule has 0 fully saturated rings. The molecule has 0 unspecified atom stereocenters. The number of ether oxygens (including phenoxy) is 1. The minimum Gasteiger partial charge on any atom is -0.464 e. The Morgan fingerprint density at radius 1 is 1.18 bits per heavy atom. The number of aromatic nitrogens is 1. The van der Waals surface area contributed by atoms with Crippen LogP contribution in [0.5, 0.6) is 0 Å². The number of benzene rings is 1. The minimum atomic E-state index is -3.84. The van der Waals surface area contributed by atoms with E-state index in [4.69, 9.17) is 4.74 Å². The van der Waals surface area contributed by atoms with Crippen molar-refractivity contribution in [2.75, 3.05) is 13.7 Å². The van der Waals surface area contributed by atoms with Gasteiger partial charge in [-0.15, -0.1) is 0 Å². The highest BCUT2D eigenvalue weighted by Gasteiger charge is 2.35. The summed E-state index contributed by atoms with van der Waals surface area (Å²) < 4.78 is 32.2. The van der Waals surface area contributed by atoms with Crippen LogP contribution in [0.3, 0.4) is 0 Å². The van der Waals surface area contributed by atoms with Crippen LogP contribution in [-0.2, 0) is 14.8 Å². The van der Waals surface area contributed by atoms with Gasteiger partial charge < -0.3 is 9.72 Å². The summed E-state index contributed by atoms with van der Waals surface area (Å²) in [5.74, 6) is -0.941. The number of carbonyl (C=O) groups excluding carboxylic acids is 2. The van der Waals surface area contributed by atoms with E-state index in [0.717, 1.165) is 0 Å². The third-order valence-electron chi connectivity index (χ3n) is 4.68. The molecular weight excluding hydrogens is 380 g/mol. The molecule has 0 aliphatic carbocycles. The highest BCUT2D eigenvalue weighted by atomic mass is 32.2. The third-order valence-corrected chi connectivity index (χ3v) is 6.66. The molecule has 0 saturated carbocycles. The molecule has 0 amide bonds. The second-order valence-electron chi connectivity index (χ2n) is 6.59. The van der Waals surface area contributed by atoms with Crippen molar-refractivity contribution in [2.45, 2.75) is 45.1 Å². The van der Waals surface area contributed by atoms with Gasteiger partial charge >= 0.3 is 5.97 Å². The summed E-state index contributed by atoms with van der Waals surface area (Å²) in [5, 5.41) is 0. The Morgan fingerprint density at radius 3 is 2.32 bits per heavy atom. The highest BCUT2D eigenvalue weighted by molar-refractivity contribution is 7.89. The van der Waals surface area contributed by atoms with Gasteiger partial charge in [-0.3, -0.25) is 4.79 Å². The number of nitrogens with zero attached hydrogens (tertiary/aromatic N) is 1. The Hall–Kier alpha value is -2.45. The molecule has 1 N–H and O–H groups in total. The van der Waals surface area contributed by atoms with Gasteiger partial charge in [0.25, 0.3) is 0 Å². The summed E-state index contributed by atoms with van der Waals surface area (Å²) in [6.45, 7) is 6.95. The second-order valence-corrected chi connectivity index (χ2v) is 8.48. The summed E-state index contributed by atoms with van der Waals surface area (Å²) >= 11 is 0. The Bertz CT molecular complexity index is 964. The molecule has 1 aromatic carbocycles. The number of methoxy groups -OCH3 is 1. The fraction of sp³-hybridized carbons (Fsp3) is 0.400. The standard InChI is InChI=1S/C20H26N2O5S/c1-6-12-22(28(25,26)16-10-8-7-9-11-16)15(4)19(23)17-13(2)18(20(24)27-5)21-14(17)3/h7-11,15,21H,6,12H2,1-5H3/t15-/m1/s1. The van der Waals surface area contributed by atoms with Gasteiger partial charge in [-0.1, -0.05) is 25.1 Å². The monoisotopic (exact) mass is 406 g/mol. The molecule has 0 aliphatic heterocycles. The number of aromatic amines is 1. The number of hydrogen-bond donors (Lipinski definition) is 1. The maximum atomic E-state index is 13.2. The van der Waals surface area contributed by atoms with E-state index in [-0.39, 0.29) is 22.9 Å². The maximum absolute atomic E-state index is 13.2. The Balaban J connectivity index is 2.47. The lowest BCUT2D eigenvalue weighted by Crippen LogP contribution is -2.43. The minimum absolute atomic E-state index is 0.140. The van der Waals surface area contributed by atoms with Gasteiger partial charge in [0.1, 0.15) is 5.69 Å². The number of carbonyl (C=O) groups is 2. The molecule has 2 aromatic rings. The van der Waals surface area contributed by atoms with Gasteiger partial charge in [-0.25, -0.2) is 13.2 Å². The van der Waals surface area contributed by atoms with Crippen molar-refractivity contribution in [2.24, 2.45) is 0 Å². The number of H-pyrrole nitrogens is 1. The molecular formula is C20H26N2O5S. The van der Waals surface area contributed by atoms with Crippen LogP contribution in [0.2, 0.25) is 0 Å². The van der Waals surface area contributed by atoms with Crippen molar-refractivity contribution in [3.8, 4) is 0 Å². The van der Waals surface area contributed by atoms with E-state index in [2.05, 4.69) is 4.98 Å². The van der Waals surface area contributed by atoms with Crippen LogP contribution in [0.4, 0.5) is 0 Å². The van der Waals surface area contributed by atoms with Gasteiger partial charge in [0.2, 0.25) is 10.0 Å². The average Bonchev–Trinajstić information content (AvgIpc) is 2.99. The Labute approximate surface area is 165 Å². The van der Waals surface area contributed by atoms with Crippen LogP contribution in [0.1, 0.15) is 52.4 Å². The molecule has 0 aliphatic rings. The zero-order valence-electron chi connectivity index (χ0n) is 16.8. The quantitative estimate of drug-likeness (QED) is 0.537. The fourth-order valence-corrected chi connectivity index (χ4v) is 4.94. The van der Waals surface area contributed by atoms with Crippen molar-refractivity contribution in [3.05, 3.63) is 52.8 Å². The molecule has 8 heteroatoms. The number of esters is 1. The smallest absolute Gasteiger partial charge is 0.354 e. The van der Waals surface area contributed by atoms with Gasteiger partial charge in [0, 0.05) is 17.8 Å². The Morgan fingerprint density at radius 2 is 1.79 bits per heavy atom. The molecule has 0 radical (unpaired) electrons. The van der Waals surface area contributed by atoms with Crippen molar-refractivity contribution in [1.29, 1.82) is 0 Å². The van der Waals surface area contributed by atoms with E-state index in [1.54, 1.807) is 39.0 Å². The summed E-state index contributed by atoms with van der Waals surface area (Å²) in [6, 6.07) is 7.12. The van der Waals surface area contributed by atoms with E-state index in [1.165, 1.54) is 23.5 Å². The molecule has 7 nitrogen and oxygen atoms in total. The van der Waals surface area contributed by atoms with Gasteiger partial charge in [-0.2, -0.15) is 4.31 Å². The van der Waals surface area contributed by atoms with E-state index in [1.807, 2.05) is 6.92 Å². The predicted molar refractivity (Wildman–Crippen MR) is 106 cm³/mol. The Kier molecular flexibility index (Phi) is 6.79. The molecule has 28 heavy (non-hydrogen) atoms. The van der Waals surface area contributed by atoms with Crippen LogP contribution in [0, 0.1) is 13.8 Å². The first-order valence-corrected chi connectivity index (χ1v) is 10.5. The zero-order valence-corrected chi connectivity index (χ0v) is 17.6. The SMILES string of the molecule is CCCN([C@H](C)C(=O)c1c(C)[nH]c(C(=O)OC)c1C)S(=O)(=O)c1ccccc1. The summed E-state index contributed by atoms with van der Waals surface area (Å²) in [4.78, 5) is 28.1. The van der Waals surface area contributed by atoms with E-state index < -0.39 is 22.0 Å². The number of ketones is 1. The molecule has 0 spiro atoms. The first-order chi connectivity index (χ1) is 13.2. The molecule has 0 saturated heterocycles. The predicted octanol–water partition coefficient (Wildman–Crippen LogP) is 3.09. The molecule has 152 valence electrons. The lowest BCUT2D eigenvalue weighted by atomic mass is 10.0. The van der Waals surface area contributed by atoms with Gasteiger partial charge in [-0.05, 0) is 44.9 Å². The molecule has 0 bridgehead atoms. The average molecular weight is 407 g/mol. The first-order valence-electron chi connectivity index (χ1n) is 9.05. The van der Waals surface area contributed by atoms with Crippen molar-refractivity contribution < 1.29 is 22.7 Å². The first kappa shape index (κ1) is 21.8. The lowest BCUT2D eigenvalue weighted by molar-refractivity contribution is 0.0594. The summed E-state index contributed by atoms with van der Waals surface area (Å²) in [5.41, 5.74) is 1.47. The van der Waals surface area contributed by atoms with E-state index in [9.17, 15) is 18.0 Å². The normalized spacial score (nSPS) is 12.8. The maximum Gasteiger partial charge on any atom is 0.354 e. The van der Waals surface area contributed by atoms with E-state index in [0.29, 0.717) is 23.2 Å². The van der Waals surface area contributed by atoms with Crippen LogP contribution in [0.25, 0.3) is 0 Å². The summed E-state index contributed by atoms with van der Waals surface area (Å²) in [6.07, 6.45) is 0.558. The zero-order chi connectivity index (χ0) is 21.1. The topological polar surface area (TPSA) is 96.5 Å². The van der Waals surface area contributed by atoms with E-state index >= 15 is 0 Å². The highest BCUT2D eigenvalue weighted by Crippen LogP contribution is 2.25. The fourth-order valence-electron chi connectivity index (χ4n) is 3.24. The largest absolute Gasteiger partial charge is 0.464 e. The van der Waals surface area contributed by atoms with Crippen molar-refractivity contribution in [3.63, 3.8) is 0 Å². The van der Waals surface area contributed by atoms with Gasteiger partial charge in [0.15, 0.2) is 5.78 Å². The second kappa shape index (κ2) is 8.70. The molecule has 2 rings (SSSR count). The molecule has 1 atom stereocenters. The third kappa shape index (κ3) is 4.02. The van der Waals surface area contributed by atoms with Gasteiger partial charge in [0.05, 0.1) is 18.0 Å². The van der Waals surface area contributed by atoms with Crippen LogP contribution < -0.4 is 0 Å². The number of aryl methyl sites for hydroxylation is 1. The summed E-state index contributed by atoms with van der Waals surface area (Å²) in [7, 11) is -2.58. The number of sulfonamides is 1. The van der Waals surface area contributed by atoms with Crippen molar-refractivity contribution >= 4 is 21.8 Å². The number of Topliss-reactive ketones (excluding diaryl/α,β-unsaturated/α-hetero) is 1. The lowest BCUT2D eigenvalue weighted by Gasteiger charge is -2.27. The van der Waals surface area contributed by atoms with Crippen molar-refractivity contribution in [1.82, 2.24) is 9.29 Å². The number of nitrogens with one attached hydrogen (secondary N) is 1. The van der Waals surface area contributed by atoms with Crippen LogP contribution in [-0.4, -0.2) is 49.2 Å². The molecule has 1 aromatic heterocycles. The number of hydrogen-bond acceptors (Lipinski definition) is 5. The van der Waals surface area contributed by atoms with Crippen LogP contribution >= 0.6 is 0 Å². The number of rotatable bonds is 8. The molecule has 1 heterocycles.